The molecule has 0 bridgehead atoms. The molecule has 0 fully saturated rings. The highest BCUT2D eigenvalue weighted by Crippen LogP contribution is 2.23. The molecule has 1 atom stereocenters. The summed E-state index contributed by atoms with van der Waals surface area (Å²) in [5.74, 6) is 0.877. The molecule has 0 saturated heterocycles. The summed E-state index contributed by atoms with van der Waals surface area (Å²) in [6.07, 6.45) is 30.7. The van der Waals surface area contributed by atoms with E-state index in [0.29, 0.717) is 0 Å². The predicted octanol–water partition coefficient (Wildman–Crippen LogP) is 9.71. The summed E-state index contributed by atoms with van der Waals surface area (Å²) in [6, 6.07) is 0. The van der Waals surface area contributed by atoms with Crippen molar-refractivity contribution in [2.24, 2.45) is 5.92 Å². The topological polar surface area (TPSA) is 15.3 Å². The Labute approximate surface area is 216 Å². The summed E-state index contributed by atoms with van der Waals surface area (Å²) < 4.78 is 0. The highest BCUT2D eigenvalue weighted by Gasteiger charge is 2.11. The number of rotatable bonds is 27. The molecule has 0 amide bonds. The first kappa shape index (κ1) is 33.4. The second-order valence-corrected chi connectivity index (χ2v) is 10.6. The molecular formula is C32H64N2. The minimum atomic E-state index is 0.877. The van der Waals surface area contributed by atoms with Crippen LogP contribution in [0.15, 0.2) is 24.3 Å². The van der Waals surface area contributed by atoms with Crippen molar-refractivity contribution in [3.63, 3.8) is 0 Å². The Balaban J connectivity index is 3.65. The lowest BCUT2D eigenvalue weighted by atomic mass is 9.91. The maximum atomic E-state index is 4.42. The quantitative estimate of drug-likeness (QED) is 0.0937. The number of likely N-dealkylation sites (N-methyl/N-ethyl adjacent to an activating group) is 2. The molecule has 34 heavy (non-hydrogen) atoms. The summed E-state index contributed by atoms with van der Waals surface area (Å²) in [5.41, 5.74) is 1.51. The second-order valence-electron chi connectivity index (χ2n) is 10.6. The molecule has 0 aliphatic carbocycles. The Morgan fingerprint density at radius 2 is 1.32 bits per heavy atom. The number of unbranched alkanes of at least 4 members (excludes halogenated alkanes) is 11. The number of hydrogen-bond donors (Lipinski definition) is 1. The fourth-order valence-electron chi connectivity index (χ4n) is 4.88. The first-order valence-corrected chi connectivity index (χ1v) is 15.4. The van der Waals surface area contributed by atoms with E-state index in [1.165, 1.54) is 147 Å². The average Bonchev–Trinajstić information content (AvgIpc) is 2.84. The van der Waals surface area contributed by atoms with E-state index < -0.39 is 0 Å². The standard InChI is InChI=1S/C32H64N2/c1-6-9-10-11-12-13-14-15-16-17-18-19-20-21-22-24-31(4)25-26-32(23-7-2)27-29-34(8-3)30-28-33-5/h12-13,32-33H,4,6-11,14-30H2,1-3,5H3/b13-12-. The maximum Gasteiger partial charge on any atom is 0.0107 e. The Morgan fingerprint density at radius 3 is 1.91 bits per heavy atom. The van der Waals surface area contributed by atoms with E-state index in [9.17, 15) is 0 Å². The Bertz CT molecular complexity index is 442. The van der Waals surface area contributed by atoms with Crippen molar-refractivity contribution in [2.75, 3.05) is 33.2 Å². The minimum absolute atomic E-state index is 0.877. The SMILES string of the molecule is C=C(CCCCCCCCCC/C=C\CCCCC)CCC(CCC)CCN(CC)CCNC. The molecule has 1 unspecified atom stereocenters. The van der Waals surface area contributed by atoms with E-state index in [2.05, 4.69) is 56.8 Å². The van der Waals surface area contributed by atoms with Crippen molar-refractivity contribution in [3.05, 3.63) is 24.3 Å². The molecule has 0 aromatic carbocycles. The van der Waals surface area contributed by atoms with Crippen LogP contribution in [-0.2, 0) is 0 Å². The van der Waals surface area contributed by atoms with Crippen LogP contribution in [0.2, 0.25) is 0 Å². The largest absolute Gasteiger partial charge is 0.318 e. The highest BCUT2D eigenvalue weighted by atomic mass is 15.1. The van der Waals surface area contributed by atoms with Gasteiger partial charge in [-0.3, -0.25) is 0 Å². The van der Waals surface area contributed by atoms with Crippen molar-refractivity contribution < 1.29 is 0 Å². The second kappa shape index (κ2) is 27.0. The fourth-order valence-corrected chi connectivity index (χ4v) is 4.88. The van der Waals surface area contributed by atoms with E-state index in [1.807, 2.05) is 0 Å². The third kappa shape index (κ3) is 23.2. The van der Waals surface area contributed by atoms with Crippen LogP contribution in [0.25, 0.3) is 0 Å². The maximum absolute atomic E-state index is 4.42. The third-order valence-corrected chi connectivity index (χ3v) is 7.37. The molecule has 0 heterocycles. The molecule has 1 N–H and O–H groups in total. The molecule has 0 aliphatic heterocycles. The number of nitrogens with zero attached hydrogens (tertiary/aromatic N) is 1. The molecule has 0 rings (SSSR count). The van der Waals surface area contributed by atoms with Crippen molar-refractivity contribution in [1.29, 1.82) is 0 Å². The van der Waals surface area contributed by atoms with Gasteiger partial charge in [-0.2, -0.15) is 0 Å². The van der Waals surface area contributed by atoms with E-state index in [4.69, 9.17) is 0 Å². The summed E-state index contributed by atoms with van der Waals surface area (Å²) in [6.45, 7) is 16.0. The van der Waals surface area contributed by atoms with Gasteiger partial charge in [-0.05, 0) is 83.8 Å². The smallest absolute Gasteiger partial charge is 0.0107 e. The summed E-state index contributed by atoms with van der Waals surface area (Å²) in [5, 5.41) is 3.28. The summed E-state index contributed by atoms with van der Waals surface area (Å²) in [7, 11) is 2.05. The van der Waals surface area contributed by atoms with Crippen LogP contribution in [0.1, 0.15) is 143 Å². The van der Waals surface area contributed by atoms with Crippen LogP contribution in [0.3, 0.4) is 0 Å². The molecule has 0 aliphatic rings. The van der Waals surface area contributed by atoms with Crippen molar-refractivity contribution >= 4 is 0 Å². The van der Waals surface area contributed by atoms with Gasteiger partial charge in [0, 0.05) is 13.1 Å². The van der Waals surface area contributed by atoms with Gasteiger partial charge in [-0.25, -0.2) is 0 Å². The van der Waals surface area contributed by atoms with Crippen molar-refractivity contribution in [2.45, 2.75) is 143 Å². The Morgan fingerprint density at radius 1 is 0.706 bits per heavy atom. The summed E-state index contributed by atoms with van der Waals surface area (Å²) >= 11 is 0. The zero-order valence-corrected chi connectivity index (χ0v) is 24.1. The van der Waals surface area contributed by atoms with E-state index in [-0.39, 0.29) is 0 Å². The van der Waals surface area contributed by atoms with Gasteiger partial charge in [0.05, 0.1) is 0 Å². The van der Waals surface area contributed by atoms with E-state index in [0.717, 1.165) is 12.5 Å². The average molecular weight is 477 g/mol. The first-order chi connectivity index (χ1) is 16.7. The van der Waals surface area contributed by atoms with E-state index >= 15 is 0 Å². The van der Waals surface area contributed by atoms with Gasteiger partial charge in [0.25, 0.3) is 0 Å². The van der Waals surface area contributed by atoms with Gasteiger partial charge >= 0.3 is 0 Å². The number of allylic oxidation sites excluding steroid dienone is 3. The summed E-state index contributed by atoms with van der Waals surface area (Å²) in [4.78, 5) is 2.60. The predicted molar refractivity (Wildman–Crippen MR) is 157 cm³/mol. The van der Waals surface area contributed by atoms with Gasteiger partial charge < -0.3 is 10.2 Å². The van der Waals surface area contributed by atoms with Gasteiger partial charge in [-0.15, -0.1) is 0 Å². The van der Waals surface area contributed by atoms with Gasteiger partial charge in [0.1, 0.15) is 0 Å². The normalized spacial score (nSPS) is 12.7. The lowest BCUT2D eigenvalue weighted by Crippen LogP contribution is -2.32. The van der Waals surface area contributed by atoms with Crippen LogP contribution in [0.5, 0.6) is 0 Å². The van der Waals surface area contributed by atoms with Crippen LogP contribution >= 0.6 is 0 Å². The Kier molecular flexibility index (Phi) is 26.5. The van der Waals surface area contributed by atoms with Crippen LogP contribution in [-0.4, -0.2) is 38.1 Å². The van der Waals surface area contributed by atoms with Crippen molar-refractivity contribution in [3.8, 4) is 0 Å². The third-order valence-electron chi connectivity index (χ3n) is 7.37. The lowest BCUT2D eigenvalue weighted by molar-refractivity contribution is 0.255. The lowest BCUT2D eigenvalue weighted by Gasteiger charge is -2.24. The monoisotopic (exact) mass is 477 g/mol. The molecule has 0 aromatic heterocycles. The van der Waals surface area contributed by atoms with E-state index in [1.54, 1.807) is 0 Å². The van der Waals surface area contributed by atoms with Crippen molar-refractivity contribution in [1.82, 2.24) is 10.2 Å². The number of hydrogen-bond acceptors (Lipinski definition) is 2. The van der Waals surface area contributed by atoms with Crippen LogP contribution in [0.4, 0.5) is 0 Å². The molecule has 0 saturated carbocycles. The molecule has 2 nitrogen and oxygen atoms in total. The molecule has 0 spiro atoms. The van der Waals surface area contributed by atoms with Gasteiger partial charge in [-0.1, -0.05) is 109 Å². The first-order valence-electron chi connectivity index (χ1n) is 15.4. The molecule has 2 heteroatoms. The molecular weight excluding hydrogens is 412 g/mol. The van der Waals surface area contributed by atoms with Gasteiger partial charge in [0.2, 0.25) is 0 Å². The zero-order valence-electron chi connectivity index (χ0n) is 24.1. The Hall–Kier alpha value is -0.600. The molecule has 0 aromatic rings. The van der Waals surface area contributed by atoms with Gasteiger partial charge in [0.15, 0.2) is 0 Å². The number of nitrogens with one attached hydrogen (secondary N) is 1. The zero-order chi connectivity index (χ0) is 25.1. The van der Waals surface area contributed by atoms with Crippen LogP contribution in [0, 0.1) is 5.92 Å². The highest BCUT2D eigenvalue weighted by molar-refractivity contribution is 4.94. The van der Waals surface area contributed by atoms with Crippen LogP contribution < -0.4 is 5.32 Å². The molecule has 0 radical (unpaired) electrons. The fraction of sp³-hybridized carbons (Fsp3) is 0.875. The molecule has 202 valence electrons. The minimum Gasteiger partial charge on any atom is -0.318 e.